The van der Waals surface area contributed by atoms with E-state index in [0.717, 1.165) is 17.0 Å². The maximum absolute atomic E-state index is 13.3. The molecule has 2 atom stereocenters. The summed E-state index contributed by atoms with van der Waals surface area (Å²) < 4.78 is 41.1. The third kappa shape index (κ3) is 3.66. The number of carbonyl (C=O) groups excluding carboxylic acids is 2. The number of halogens is 3. The highest BCUT2D eigenvalue weighted by molar-refractivity contribution is 6.31. The van der Waals surface area contributed by atoms with Crippen molar-refractivity contribution in [2.75, 3.05) is 15.1 Å². The molecule has 0 radical (unpaired) electrons. The van der Waals surface area contributed by atoms with E-state index in [0.29, 0.717) is 17.9 Å². The first-order valence-corrected chi connectivity index (χ1v) is 9.80. The molecule has 7 nitrogen and oxygen atoms in total. The zero-order valence-electron chi connectivity index (χ0n) is 17.1. The average molecular weight is 434 g/mol. The summed E-state index contributed by atoms with van der Waals surface area (Å²) in [5, 5.41) is 3.17. The lowest BCUT2D eigenvalue weighted by Gasteiger charge is -2.23. The molecule has 2 aromatic rings. The lowest BCUT2D eigenvalue weighted by atomic mass is 10.1. The van der Waals surface area contributed by atoms with E-state index >= 15 is 0 Å². The van der Waals surface area contributed by atoms with Crippen LogP contribution in [0.25, 0.3) is 0 Å². The van der Waals surface area contributed by atoms with Crippen LogP contribution in [0.3, 0.4) is 0 Å². The monoisotopic (exact) mass is 434 g/mol. The number of carbonyl (C=O) groups is 2. The number of benzene rings is 1. The zero-order valence-corrected chi connectivity index (χ0v) is 17.1. The van der Waals surface area contributed by atoms with Crippen molar-refractivity contribution in [1.82, 2.24) is 4.98 Å². The largest absolute Gasteiger partial charge is 0.573 e. The summed E-state index contributed by atoms with van der Waals surface area (Å²) in [7, 11) is 0. The number of hydrogen-bond acceptors (Lipinski definition) is 5. The summed E-state index contributed by atoms with van der Waals surface area (Å²) in [5.41, 5.74) is -0.297. The number of rotatable bonds is 5. The van der Waals surface area contributed by atoms with E-state index in [2.05, 4.69) is 15.0 Å². The number of aromatic nitrogens is 1. The Morgan fingerprint density at radius 1 is 1.16 bits per heavy atom. The molecule has 10 heteroatoms. The van der Waals surface area contributed by atoms with Crippen LogP contribution in [-0.2, 0) is 4.79 Å². The van der Waals surface area contributed by atoms with Gasteiger partial charge in [-0.1, -0.05) is 6.92 Å². The van der Waals surface area contributed by atoms with Gasteiger partial charge >= 0.3 is 12.4 Å². The number of anilines is 3. The molecule has 2 fully saturated rings. The first-order valence-electron chi connectivity index (χ1n) is 9.80. The second kappa shape index (κ2) is 7.14. The number of pyridine rings is 1. The van der Waals surface area contributed by atoms with Crippen LogP contribution in [0.15, 0.2) is 42.6 Å². The molecular formula is C21H21F3N4O3. The predicted octanol–water partition coefficient (Wildman–Crippen LogP) is 4.55. The van der Waals surface area contributed by atoms with Crippen molar-refractivity contribution in [1.29, 1.82) is 0 Å². The second-order valence-electron chi connectivity index (χ2n) is 8.03. The van der Waals surface area contributed by atoms with Crippen molar-refractivity contribution in [3.63, 3.8) is 0 Å². The Balaban J connectivity index is 1.67. The minimum atomic E-state index is -4.83. The minimum Gasteiger partial charge on any atom is -0.406 e. The van der Waals surface area contributed by atoms with E-state index in [4.69, 9.17) is 0 Å². The molecule has 4 rings (SSSR count). The van der Waals surface area contributed by atoms with Crippen LogP contribution in [0.4, 0.5) is 35.2 Å². The molecule has 2 aliphatic rings. The molecule has 1 saturated carbocycles. The number of hydrogen-bond donors (Lipinski definition) is 1. The second-order valence-corrected chi connectivity index (χ2v) is 8.03. The first-order chi connectivity index (χ1) is 14.5. The van der Waals surface area contributed by atoms with Gasteiger partial charge in [-0.3, -0.25) is 9.69 Å². The van der Waals surface area contributed by atoms with Gasteiger partial charge in [-0.25, -0.2) is 14.7 Å². The third-order valence-electron chi connectivity index (χ3n) is 5.39. The van der Waals surface area contributed by atoms with Gasteiger partial charge in [-0.2, -0.15) is 0 Å². The SMILES string of the molecule is CC(C)Nc1cc(N2C(=O)N(c3ccc(OC(F)(F)F)cc3)C(=O)C23CC3C)ccn1. The summed E-state index contributed by atoms with van der Waals surface area (Å²) >= 11 is 0. The van der Waals surface area contributed by atoms with Gasteiger partial charge in [-0.15, -0.1) is 13.2 Å². The van der Waals surface area contributed by atoms with Crippen LogP contribution < -0.4 is 19.9 Å². The number of alkyl halides is 3. The van der Waals surface area contributed by atoms with Crippen molar-refractivity contribution in [2.45, 2.75) is 45.1 Å². The number of urea groups is 1. The molecular weight excluding hydrogens is 413 g/mol. The molecule has 164 valence electrons. The summed E-state index contributed by atoms with van der Waals surface area (Å²) in [6.07, 6.45) is -2.77. The number of nitrogens with zero attached hydrogens (tertiary/aromatic N) is 3. The first kappa shape index (κ1) is 21.0. The van der Waals surface area contributed by atoms with E-state index < -0.39 is 29.6 Å². The molecule has 1 spiro atoms. The number of ether oxygens (including phenoxy) is 1. The maximum atomic E-state index is 13.3. The fourth-order valence-corrected chi connectivity index (χ4v) is 3.96. The van der Waals surface area contributed by atoms with Gasteiger partial charge in [0.2, 0.25) is 0 Å². The van der Waals surface area contributed by atoms with Crippen molar-refractivity contribution in [2.24, 2.45) is 5.92 Å². The number of imide groups is 1. The standard InChI is InChI=1S/C21H21F3N4O3/c1-12(2)26-17-10-15(8-9-25-17)28-19(30)27(18(29)20(28)11-13(20)3)14-4-6-16(7-5-14)31-21(22,23)24/h4-10,12-13H,11H2,1-3H3,(H,25,26). The van der Waals surface area contributed by atoms with E-state index in [9.17, 15) is 22.8 Å². The van der Waals surface area contributed by atoms with E-state index in [1.807, 2.05) is 20.8 Å². The lowest BCUT2D eigenvalue weighted by molar-refractivity contribution is -0.274. The van der Waals surface area contributed by atoms with Crippen LogP contribution in [0.1, 0.15) is 27.2 Å². The average Bonchev–Trinajstić information content (AvgIpc) is 3.27. The third-order valence-corrected chi connectivity index (χ3v) is 5.39. The Morgan fingerprint density at radius 3 is 2.35 bits per heavy atom. The highest BCUT2D eigenvalue weighted by Gasteiger charge is 2.70. The van der Waals surface area contributed by atoms with Crippen LogP contribution in [0.5, 0.6) is 5.75 Å². The highest BCUT2D eigenvalue weighted by atomic mass is 19.4. The Kier molecular flexibility index (Phi) is 4.83. The number of nitrogens with one attached hydrogen (secondary N) is 1. The van der Waals surface area contributed by atoms with Crippen molar-refractivity contribution in [3.05, 3.63) is 42.6 Å². The fraction of sp³-hybridized carbons (Fsp3) is 0.381. The van der Waals surface area contributed by atoms with E-state index in [1.165, 1.54) is 17.0 Å². The summed E-state index contributed by atoms with van der Waals surface area (Å²) in [5.74, 6) is -0.315. The van der Waals surface area contributed by atoms with Crippen molar-refractivity contribution < 1.29 is 27.5 Å². The molecule has 31 heavy (non-hydrogen) atoms. The Labute approximate surface area is 176 Å². The number of amides is 3. The molecule has 1 aromatic carbocycles. The summed E-state index contributed by atoms with van der Waals surface area (Å²) in [4.78, 5) is 33.4. The smallest absolute Gasteiger partial charge is 0.406 e. The van der Waals surface area contributed by atoms with Gasteiger partial charge in [0.05, 0.1) is 11.4 Å². The zero-order chi connectivity index (χ0) is 22.6. The van der Waals surface area contributed by atoms with Crippen molar-refractivity contribution >= 4 is 29.1 Å². The highest BCUT2D eigenvalue weighted by Crippen LogP contribution is 2.55. The van der Waals surface area contributed by atoms with Crippen LogP contribution in [-0.4, -0.2) is 34.9 Å². The van der Waals surface area contributed by atoms with Gasteiger partial charge in [-0.05, 0) is 56.5 Å². The van der Waals surface area contributed by atoms with E-state index in [1.54, 1.807) is 18.3 Å². The molecule has 1 aliphatic heterocycles. The summed E-state index contributed by atoms with van der Waals surface area (Å²) in [6, 6.07) is 7.62. The van der Waals surface area contributed by atoms with E-state index in [-0.39, 0.29) is 17.6 Å². The quantitative estimate of drug-likeness (QED) is 0.699. The molecule has 3 amide bonds. The molecule has 1 aliphatic carbocycles. The van der Waals surface area contributed by atoms with Crippen LogP contribution in [0.2, 0.25) is 0 Å². The van der Waals surface area contributed by atoms with Gasteiger partial charge in [0.1, 0.15) is 17.1 Å². The molecule has 2 heterocycles. The molecule has 1 saturated heterocycles. The Bertz CT molecular complexity index is 1030. The molecule has 0 bridgehead atoms. The fourth-order valence-electron chi connectivity index (χ4n) is 3.96. The van der Waals surface area contributed by atoms with Gasteiger partial charge in [0.15, 0.2) is 0 Å². The van der Waals surface area contributed by atoms with Crippen LogP contribution in [0, 0.1) is 5.92 Å². The molecule has 1 N–H and O–H groups in total. The Hall–Kier alpha value is -3.30. The van der Waals surface area contributed by atoms with Crippen LogP contribution >= 0.6 is 0 Å². The summed E-state index contributed by atoms with van der Waals surface area (Å²) in [6.45, 7) is 5.80. The predicted molar refractivity (Wildman–Crippen MR) is 108 cm³/mol. The topological polar surface area (TPSA) is 74.8 Å². The lowest BCUT2D eigenvalue weighted by Crippen LogP contribution is -2.39. The minimum absolute atomic E-state index is 0.0588. The molecule has 1 aromatic heterocycles. The van der Waals surface area contributed by atoms with Gasteiger partial charge in [0, 0.05) is 18.3 Å². The van der Waals surface area contributed by atoms with Gasteiger partial charge < -0.3 is 10.1 Å². The Morgan fingerprint density at radius 2 is 1.81 bits per heavy atom. The van der Waals surface area contributed by atoms with Gasteiger partial charge in [0.25, 0.3) is 5.91 Å². The molecule has 2 unspecified atom stereocenters. The normalized spacial score (nSPS) is 23.1. The maximum Gasteiger partial charge on any atom is 0.573 e. The van der Waals surface area contributed by atoms with Crippen molar-refractivity contribution in [3.8, 4) is 5.75 Å².